The SMILES string of the molecule is CC(C)NCCNC(=O)C1CCCO1. The van der Waals surface area contributed by atoms with Gasteiger partial charge in [0.2, 0.25) is 5.91 Å². The molecule has 82 valence electrons. The van der Waals surface area contributed by atoms with Gasteiger partial charge in [0.1, 0.15) is 6.10 Å². The average Bonchev–Trinajstić information content (AvgIpc) is 2.64. The number of carbonyl (C=O) groups excluding carboxylic acids is 1. The molecule has 4 nitrogen and oxygen atoms in total. The Morgan fingerprint density at radius 2 is 2.29 bits per heavy atom. The molecule has 0 saturated carbocycles. The van der Waals surface area contributed by atoms with E-state index >= 15 is 0 Å². The lowest BCUT2D eigenvalue weighted by Gasteiger charge is -2.11. The maximum atomic E-state index is 11.4. The molecule has 1 amide bonds. The first kappa shape index (κ1) is 11.5. The van der Waals surface area contributed by atoms with E-state index in [1.165, 1.54) is 0 Å². The minimum Gasteiger partial charge on any atom is -0.368 e. The summed E-state index contributed by atoms with van der Waals surface area (Å²) >= 11 is 0. The minimum absolute atomic E-state index is 0.0352. The third-order valence-electron chi connectivity index (χ3n) is 2.20. The highest BCUT2D eigenvalue weighted by molar-refractivity contribution is 5.80. The molecule has 1 saturated heterocycles. The summed E-state index contributed by atoms with van der Waals surface area (Å²) in [6, 6.07) is 0.467. The van der Waals surface area contributed by atoms with Crippen molar-refractivity contribution in [1.29, 1.82) is 0 Å². The van der Waals surface area contributed by atoms with Gasteiger partial charge in [0.25, 0.3) is 0 Å². The van der Waals surface area contributed by atoms with Gasteiger partial charge in [-0.05, 0) is 12.8 Å². The van der Waals surface area contributed by atoms with Crippen molar-refractivity contribution in [2.24, 2.45) is 0 Å². The van der Waals surface area contributed by atoms with Gasteiger partial charge >= 0.3 is 0 Å². The van der Waals surface area contributed by atoms with E-state index in [1.54, 1.807) is 0 Å². The Bertz CT molecular complexity index is 177. The van der Waals surface area contributed by atoms with Crippen LogP contribution in [0.15, 0.2) is 0 Å². The van der Waals surface area contributed by atoms with Gasteiger partial charge in [-0.2, -0.15) is 0 Å². The molecular formula is C10H20N2O2. The number of carbonyl (C=O) groups is 1. The van der Waals surface area contributed by atoms with Crippen molar-refractivity contribution in [3.8, 4) is 0 Å². The van der Waals surface area contributed by atoms with Crippen molar-refractivity contribution >= 4 is 5.91 Å². The second-order valence-corrected chi connectivity index (χ2v) is 3.90. The van der Waals surface area contributed by atoms with Gasteiger partial charge in [-0.1, -0.05) is 13.8 Å². The Labute approximate surface area is 85.4 Å². The molecule has 0 aromatic carbocycles. The zero-order chi connectivity index (χ0) is 10.4. The second kappa shape index (κ2) is 5.98. The van der Waals surface area contributed by atoms with Gasteiger partial charge in [0.15, 0.2) is 0 Å². The summed E-state index contributed by atoms with van der Waals surface area (Å²) in [4.78, 5) is 11.4. The van der Waals surface area contributed by atoms with Crippen LogP contribution in [-0.2, 0) is 9.53 Å². The molecule has 0 bridgehead atoms. The Hall–Kier alpha value is -0.610. The van der Waals surface area contributed by atoms with Gasteiger partial charge in [-0.25, -0.2) is 0 Å². The van der Waals surface area contributed by atoms with E-state index in [4.69, 9.17) is 4.74 Å². The minimum atomic E-state index is -0.200. The second-order valence-electron chi connectivity index (χ2n) is 3.90. The van der Waals surface area contributed by atoms with E-state index in [0.717, 1.165) is 26.0 Å². The van der Waals surface area contributed by atoms with Crippen molar-refractivity contribution in [3.05, 3.63) is 0 Å². The van der Waals surface area contributed by atoms with Gasteiger partial charge in [-0.15, -0.1) is 0 Å². The van der Waals surface area contributed by atoms with Crippen LogP contribution in [0.4, 0.5) is 0 Å². The maximum Gasteiger partial charge on any atom is 0.249 e. The van der Waals surface area contributed by atoms with Crippen LogP contribution in [0.3, 0.4) is 0 Å². The first-order valence-corrected chi connectivity index (χ1v) is 5.33. The van der Waals surface area contributed by atoms with Gasteiger partial charge < -0.3 is 15.4 Å². The molecule has 1 rings (SSSR count). The van der Waals surface area contributed by atoms with Crippen LogP contribution in [0, 0.1) is 0 Å². The summed E-state index contributed by atoms with van der Waals surface area (Å²) in [5.74, 6) is 0.0352. The van der Waals surface area contributed by atoms with Crippen molar-refractivity contribution in [2.75, 3.05) is 19.7 Å². The third-order valence-corrected chi connectivity index (χ3v) is 2.20. The highest BCUT2D eigenvalue weighted by Crippen LogP contribution is 2.11. The molecule has 2 N–H and O–H groups in total. The molecule has 0 aromatic heterocycles. The number of nitrogens with one attached hydrogen (secondary N) is 2. The smallest absolute Gasteiger partial charge is 0.249 e. The lowest BCUT2D eigenvalue weighted by molar-refractivity contribution is -0.129. The summed E-state index contributed by atoms with van der Waals surface area (Å²) in [6.07, 6.45) is 1.67. The highest BCUT2D eigenvalue weighted by Gasteiger charge is 2.22. The highest BCUT2D eigenvalue weighted by atomic mass is 16.5. The Morgan fingerprint density at radius 3 is 2.86 bits per heavy atom. The number of hydrogen-bond donors (Lipinski definition) is 2. The molecule has 1 fully saturated rings. The summed E-state index contributed by atoms with van der Waals surface area (Å²) in [5.41, 5.74) is 0. The molecule has 1 heterocycles. The lowest BCUT2D eigenvalue weighted by Crippen LogP contribution is -2.39. The summed E-state index contributed by atoms with van der Waals surface area (Å²) in [7, 11) is 0. The summed E-state index contributed by atoms with van der Waals surface area (Å²) in [5, 5.41) is 6.09. The van der Waals surface area contributed by atoms with E-state index in [9.17, 15) is 4.79 Å². The van der Waals surface area contributed by atoms with Crippen LogP contribution in [0.1, 0.15) is 26.7 Å². The fourth-order valence-corrected chi connectivity index (χ4v) is 1.44. The standard InChI is InChI=1S/C10H20N2O2/c1-8(2)11-5-6-12-10(13)9-4-3-7-14-9/h8-9,11H,3-7H2,1-2H3,(H,12,13). The Balaban J connectivity index is 2.03. The van der Waals surface area contributed by atoms with Crippen molar-refractivity contribution in [1.82, 2.24) is 10.6 Å². The predicted octanol–water partition coefficient (Wildman–Crippen LogP) is 0.280. The number of ether oxygens (including phenoxy) is 1. The van der Waals surface area contributed by atoms with E-state index in [0.29, 0.717) is 12.6 Å². The van der Waals surface area contributed by atoms with Crippen LogP contribution in [-0.4, -0.2) is 37.7 Å². The van der Waals surface area contributed by atoms with Crippen LogP contribution >= 0.6 is 0 Å². The first-order chi connectivity index (χ1) is 6.70. The summed E-state index contributed by atoms with van der Waals surface area (Å²) < 4.78 is 5.26. The maximum absolute atomic E-state index is 11.4. The zero-order valence-electron chi connectivity index (χ0n) is 9.01. The molecular weight excluding hydrogens is 180 g/mol. The molecule has 0 aliphatic carbocycles. The number of amides is 1. The normalized spacial score (nSPS) is 21.5. The van der Waals surface area contributed by atoms with Crippen LogP contribution in [0.2, 0.25) is 0 Å². The van der Waals surface area contributed by atoms with E-state index in [1.807, 2.05) is 0 Å². The Kier molecular flexibility index (Phi) is 4.90. The predicted molar refractivity (Wildman–Crippen MR) is 55.1 cm³/mol. The van der Waals surface area contributed by atoms with E-state index in [2.05, 4.69) is 24.5 Å². The fourth-order valence-electron chi connectivity index (χ4n) is 1.44. The number of rotatable bonds is 5. The van der Waals surface area contributed by atoms with Crippen LogP contribution in [0.5, 0.6) is 0 Å². The van der Waals surface area contributed by atoms with Gasteiger partial charge in [-0.3, -0.25) is 4.79 Å². The molecule has 1 aliphatic rings. The molecule has 4 heteroatoms. The fraction of sp³-hybridized carbons (Fsp3) is 0.900. The zero-order valence-corrected chi connectivity index (χ0v) is 9.01. The van der Waals surface area contributed by atoms with Crippen LogP contribution in [0.25, 0.3) is 0 Å². The molecule has 1 atom stereocenters. The molecule has 0 radical (unpaired) electrons. The largest absolute Gasteiger partial charge is 0.368 e. The quantitative estimate of drug-likeness (QED) is 0.627. The summed E-state index contributed by atoms with van der Waals surface area (Å²) in [6.45, 7) is 6.39. The Morgan fingerprint density at radius 1 is 1.50 bits per heavy atom. The first-order valence-electron chi connectivity index (χ1n) is 5.33. The van der Waals surface area contributed by atoms with Gasteiger partial charge in [0, 0.05) is 25.7 Å². The molecule has 14 heavy (non-hydrogen) atoms. The monoisotopic (exact) mass is 200 g/mol. The van der Waals surface area contributed by atoms with E-state index < -0.39 is 0 Å². The lowest BCUT2D eigenvalue weighted by atomic mass is 10.2. The van der Waals surface area contributed by atoms with Crippen molar-refractivity contribution < 1.29 is 9.53 Å². The number of hydrogen-bond acceptors (Lipinski definition) is 3. The van der Waals surface area contributed by atoms with E-state index in [-0.39, 0.29) is 12.0 Å². The molecule has 1 unspecified atom stereocenters. The van der Waals surface area contributed by atoms with Crippen molar-refractivity contribution in [3.63, 3.8) is 0 Å². The molecule has 0 aromatic rings. The molecule has 0 spiro atoms. The topological polar surface area (TPSA) is 50.4 Å². The van der Waals surface area contributed by atoms with Crippen molar-refractivity contribution in [2.45, 2.75) is 38.8 Å². The van der Waals surface area contributed by atoms with Gasteiger partial charge in [0.05, 0.1) is 0 Å². The molecule has 1 aliphatic heterocycles. The average molecular weight is 200 g/mol. The van der Waals surface area contributed by atoms with Crippen LogP contribution < -0.4 is 10.6 Å². The third kappa shape index (κ3) is 4.07.